The third-order valence-corrected chi connectivity index (χ3v) is 3.82. The summed E-state index contributed by atoms with van der Waals surface area (Å²) < 4.78 is 0. The Morgan fingerprint density at radius 2 is 2.00 bits per heavy atom. The molecule has 2 aromatic heterocycles. The van der Waals surface area contributed by atoms with Gasteiger partial charge in [0, 0.05) is 23.4 Å². The van der Waals surface area contributed by atoms with Crippen molar-refractivity contribution in [3.05, 3.63) is 58.4 Å². The van der Waals surface area contributed by atoms with Gasteiger partial charge in [0.25, 0.3) is 0 Å². The highest BCUT2D eigenvalue weighted by Gasteiger charge is 2.02. The first-order chi connectivity index (χ1) is 9.33. The molecule has 0 amide bonds. The molecule has 3 rings (SSSR count). The van der Waals surface area contributed by atoms with Crippen molar-refractivity contribution >= 4 is 22.2 Å². The summed E-state index contributed by atoms with van der Waals surface area (Å²) in [7, 11) is 0. The molecule has 0 fully saturated rings. The third-order valence-electron chi connectivity index (χ3n) is 2.94. The minimum Gasteiger partial charge on any atom is -0.506 e. The summed E-state index contributed by atoms with van der Waals surface area (Å²) in [6.45, 7) is 1.54. The number of benzene rings is 1. The van der Waals surface area contributed by atoms with E-state index in [4.69, 9.17) is 0 Å². The van der Waals surface area contributed by atoms with Gasteiger partial charge in [-0.05, 0) is 23.6 Å². The van der Waals surface area contributed by atoms with Crippen molar-refractivity contribution in [3.8, 4) is 5.75 Å². The Morgan fingerprint density at radius 1 is 1.05 bits per heavy atom. The minimum absolute atomic E-state index is 0.234. The van der Waals surface area contributed by atoms with Crippen LogP contribution in [0.25, 0.3) is 10.9 Å². The lowest BCUT2D eigenvalue weighted by Crippen LogP contribution is -2.12. The molecule has 0 atom stereocenters. The number of fused-ring (bicyclic) bond motifs is 1. The summed E-state index contributed by atoms with van der Waals surface area (Å²) in [5, 5.41) is 16.2. The molecular formula is C15H14N2OS. The van der Waals surface area contributed by atoms with Crippen molar-refractivity contribution in [2.45, 2.75) is 13.1 Å². The molecule has 4 heteroatoms. The van der Waals surface area contributed by atoms with E-state index in [1.54, 1.807) is 17.4 Å². The van der Waals surface area contributed by atoms with Crippen LogP contribution in [0.5, 0.6) is 5.75 Å². The van der Waals surface area contributed by atoms with E-state index in [-0.39, 0.29) is 5.75 Å². The van der Waals surface area contributed by atoms with Crippen LogP contribution in [0.2, 0.25) is 0 Å². The van der Waals surface area contributed by atoms with Gasteiger partial charge in [0.05, 0.1) is 5.69 Å². The number of phenols is 1. The fraction of sp³-hybridized carbons (Fsp3) is 0.133. The van der Waals surface area contributed by atoms with Crippen LogP contribution in [-0.2, 0) is 13.1 Å². The van der Waals surface area contributed by atoms with Gasteiger partial charge in [0.1, 0.15) is 11.3 Å². The van der Waals surface area contributed by atoms with Gasteiger partial charge in [-0.25, -0.2) is 4.98 Å². The summed E-state index contributed by atoms with van der Waals surface area (Å²) in [6, 6.07) is 13.6. The zero-order chi connectivity index (χ0) is 13.1. The van der Waals surface area contributed by atoms with Gasteiger partial charge in [-0.2, -0.15) is 0 Å². The monoisotopic (exact) mass is 270 g/mol. The Morgan fingerprint density at radius 3 is 2.84 bits per heavy atom. The van der Waals surface area contributed by atoms with Crippen molar-refractivity contribution in [2.24, 2.45) is 0 Å². The van der Waals surface area contributed by atoms with E-state index in [0.29, 0.717) is 12.1 Å². The third kappa shape index (κ3) is 2.75. The number of aromatic hydroxyl groups is 1. The maximum Gasteiger partial charge on any atom is 0.141 e. The predicted molar refractivity (Wildman–Crippen MR) is 78.3 cm³/mol. The molecule has 96 valence electrons. The fourth-order valence-corrected chi connectivity index (χ4v) is 2.67. The number of nitrogens with zero attached hydrogens (tertiary/aromatic N) is 1. The van der Waals surface area contributed by atoms with Gasteiger partial charge in [0.2, 0.25) is 0 Å². The molecule has 0 aliphatic heterocycles. The highest BCUT2D eigenvalue weighted by molar-refractivity contribution is 7.09. The van der Waals surface area contributed by atoms with E-state index in [2.05, 4.69) is 21.7 Å². The molecule has 0 unspecified atom stereocenters. The summed E-state index contributed by atoms with van der Waals surface area (Å²) >= 11 is 1.74. The molecule has 0 saturated carbocycles. The molecule has 0 aliphatic rings. The molecule has 2 N–H and O–H groups in total. The van der Waals surface area contributed by atoms with Crippen molar-refractivity contribution in [3.63, 3.8) is 0 Å². The first-order valence-electron chi connectivity index (χ1n) is 6.13. The molecule has 0 bridgehead atoms. The predicted octanol–water partition coefficient (Wildman–Crippen LogP) is 3.29. The van der Waals surface area contributed by atoms with Gasteiger partial charge in [-0.3, -0.25) is 0 Å². The van der Waals surface area contributed by atoms with Gasteiger partial charge in [-0.1, -0.05) is 24.3 Å². The van der Waals surface area contributed by atoms with Crippen LogP contribution in [-0.4, -0.2) is 10.1 Å². The molecule has 0 aliphatic carbocycles. The zero-order valence-electron chi connectivity index (χ0n) is 10.3. The first-order valence-corrected chi connectivity index (χ1v) is 7.01. The van der Waals surface area contributed by atoms with E-state index in [1.807, 2.05) is 30.3 Å². The average Bonchev–Trinajstić information content (AvgIpc) is 2.93. The SMILES string of the molecule is Oc1cccc2ccc(CNCc3cccs3)nc12. The highest BCUT2D eigenvalue weighted by atomic mass is 32.1. The first kappa shape index (κ1) is 12.1. The lowest BCUT2D eigenvalue weighted by Gasteiger charge is -2.05. The number of rotatable bonds is 4. The zero-order valence-corrected chi connectivity index (χ0v) is 11.2. The lowest BCUT2D eigenvalue weighted by molar-refractivity contribution is 0.480. The average molecular weight is 270 g/mol. The second kappa shape index (κ2) is 5.38. The Hall–Kier alpha value is -1.91. The summed E-state index contributed by atoms with van der Waals surface area (Å²) in [6.07, 6.45) is 0. The van der Waals surface area contributed by atoms with Crippen LogP contribution in [0.1, 0.15) is 10.6 Å². The standard InChI is InChI=1S/C15H14N2OS/c18-14-5-1-3-11-6-7-12(17-15(11)14)9-16-10-13-4-2-8-19-13/h1-8,16,18H,9-10H2. The number of aromatic nitrogens is 1. The van der Waals surface area contributed by atoms with Crippen molar-refractivity contribution in [2.75, 3.05) is 0 Å². The summed E-state index contributed by atoms with van der Waals surface area (Å²) in [5.74, 6) is 0.234. The van der Waals surface area contributed by atoms with Gasteiger partial charge in [0.15, 0.2) is 0 Å². The quantitative estimate of drug-likeness (QED) is 0.764. The number of hydrogen-bond acceptors (Lipinski definition) is 4. The summed E-state index contributed by atoms with van der Waals surface area (Å²) in [4.78, 5) is 5.79. The van der Waals surface area contributed by atoms with E-state index >= 15 is 0 Å². The number of thiophene rings is 1. The van der Waals surface area contributed by atoms with E-state index in [9.17, 15) is 5.11 Å². The van der Waals surface area contributed by atoms with Crippen molar-refractivity contribution < 1.29 is 5.11 Å². The normalized spacial score (nSPS) is 10.9. The van der Waals surface area contributed by atoms with Gasteiger partial charge >= 0.3 is 0 Å². The summed E-state index contributed by atoms with van der Waals surface area (Å²) in [5.41, 5.74) is 1.60. The maximum atomic E-state index is 9.79. The van der Waals surface area contributed by atoms with Crippen LogP contribution >= 0.6 is 11.3 Å². The van der Waals surface area contributed by atoms with Crippen LogP contribution in [0.15, 0.2) is 47.8 Å². The molecule has 2 heterocycles. The highest BCUT2D eigenvalue weighted by Crippen LogP contribution is 2.22. The second-order valence-corrected chi connectivity index (χ2v) is 5.37. The van der Waals surface area contributed by atoms with Crippen molar-refractivity contribution in [1.29, 1.82) is 0 Å². The molecule has 3 aromatic rings. The molecule has 1 aromatic carbocycles. The molecule has 3 nitrogen and oxygen atoms in total. The molecule has 19 heavy (non-hydrogen) atoms. The van der Waals surface area contributed by atoms with Crippen LogP contribution in [0.3, 0.4) is 0 Å². The smallest absolute Gasteiger partial charge is 0.141 e. The fourth-order valence-electron chi connectivity index (χ4n) is 2.00. The van der Waals surface area contributed by atoms with Crippen LogP contribution < -0.4 is 5.32 Å². The van der Waals surface area contributed by atoms with Gasteiger partial charge in [-0.15, -0.1) is 11.3 Å². The van der Waals surface area contributed by atoms with E-state index in [0.717, 1.165) is 17.6 Å². The maximum absolute atomic E-state index is 9.79. The second-order valence-electron chi connectivity index (χ2n) is 4.33. The van der Waals surface area contributed by atoms with Crippen LogP contribution in [0, 0.1) is 0 Å². The Kier molecular flexibility index (Phi) is 3.44. The largest absolute Gasteiger partial charge is 0.506 e. The van der Waals surface area contributed by atoms with Crippen molar-refractivity contribution in [1.82, 2.24) is 10.3 Å². The Bertz CT molecular complexity index is 680. The molecular weight excluding hydrogens is 256 g/mol. The van der Waals surface area contributed by atoms with E-state index < -0.39 is 0 Å². The van der Waals surface area contributed by atoms with Crippen LogP contribution in [0.4, 0.5) is 0 Å². The number of para-hydroxylation sites is 1. The lowest BCUT2D eigenvalue weighted by atomic mass is 10.2. The van der Waals surface area contributed by atoms with E-state index in [1.165, 1.54) is 4.88 Å². The van der Waals surface area contributed by atoms with Gasteiger partial charge < -0.3 is 10.4 Å². The minimum atomic E-state index is 0.234. The Balaban J connectivity index is 1.73. The number of pyridine rings is 1. The molecule has 0 radical (unpaired) electrons. The topological polar surface area (TPSA) is 45.1 Å². The number of hydrogen-bond donors (Lipinski definition) is 2. The molecule has 0 spiro atoms. The number of nitrogens with one attached hydrogen (secondary N) is 1. The number of phenolic OH excluding ortho intramolecular Hbond substituents is 1. The Labute approximate surface area is 115 Å². The molecule has 0 saturated heterocycles.